The molecule has 1 heterocycles. The van der Waals surface area contributed by atoms with E-state index in [1.54, 1.807) is 16.3 Å². The van der Waals surface area contributed by atoms with Gasteiger partial charge in [-0.25, -0.2) is 4.57 Å². The summed E-state index contributed by atoms with van der Waals surface area (Å²) >= 11 is 0. The summed E-state index contributed by atoms with van der Waals surface area (Å²) in [7, 11) is 0.860. The zero-order valence-corrected chi connectivity index (χ0v) is 23.9. The molecule has 0 radical (unpaired) electrons. The van der Waals surface area contributed by atoms with Crippen molar-refractivity contribution in [3.05, 3.63) is 59.3 Å². The molecule has 5 rings (SSSR count). The van der Waals surface area contributed by atoms with Gasteiger partial charge in [-0.2, -0.15) is 0 Å². The molecule has 2 aliphatic carbocycles. The van der Waals surface area contributed by atoms with E-state index in [1.807, 2.05) is 0 Å². The van der Waals surface area contributed by atoms with E-state index in [2.05, 4.69) is 81.9 Å². The van der Waals surface area contributed by atoms with E-state index in [9.17, 15) is 0 Å². The van der Waals surface area contributed by atoms with Crippen molar-refractivity contribution in [3.63, 3.8) is 0 Å². The first-order chi connectivity index (χ1) is 17.0. The van der Waals surface area contributed by atoms with Gasteiger partial charge in [-0.1, -0.05) is 88.0 Å². The second kappa shape index (κ2) is 10.2. The second-order valence-corrected chi connectivity index (χ2v) is 16.9. The lowest BCUT2D eigenvalue weighted by molar-refractivity contribution is -0.659. The average Bonchev–Trinajstić information content (AvgIpc) is 3.61. The molecule has 0 aliphatic heterocycles. The fourth-order valence-corrected chi connectivity index (χ4v) is 11.2. The smallest absolute Gasteiger partial charge is 0.200 e. The molecule has 186 valence electrons. The Hall–Kier alpha value is -1.93. The van der Waals surface area contributed by atoms with Crippen molar-refractivity contribution in [2.75, 3.05) is 0 Å². The monoisotopic (exact) mass is 484 g/mol. The van der Waals surface area contributed by atoms with Gasteiger partial charge in [0.15, 0.2) is 6.20 Å². The largest absolute Gasteiger partial charge is 0.220 e. The maximum atomic E-state index is 2.64. The van der Waals surface area contributed by atoms with Crippen molar-refractivity contribution in [3.8, 4) is 11.3 Å². The Balaban J connectivity index is 1.71. The van der Waals surface area contributed by atoms with Gasteiger partial charge in [0.05, 0.1) is 19.0 Å². The number of pyridine rings is 1. The van der Waals surface area contributed by atoms with Gasteiger partial charge >= 0.3 is 0 Å². The van der Waals surface area contributed by atoms with Crippen LogP contribution in [0.2, 0.25) is 18.1 Å². The molecular weight excluding hydrogens is 438 g/mol. The van der Waals surface area contributed by atoms with Crippen LogP contribution in [0, 0.1) is 6.92 Å². The van der Waals surface area contributed by atoms with Crippen LogP contribution in [-0.2, 0) is 7.05 Å². The van der Waals surface area contributed by atoms with E-state index < -0.39 is 8.07 Å². The number of hydrogen-bond acceptors (Lipinski definition) is 0. The number of nitrogens with zero attached hydrogens (tertiary/aromatic N) is 1. The number of fused-ring (bicyclic) bond motifs is 1. The van der Waals surface area contributed by atoms with E-state index in [-0.39, 0.29) is 0 Å². The zero-order valence-electron chi connectivity index (χ0n) is 22.9. The topological polar surface area (TPSA) is 3.88 Å². The Morgan fingerprint density at radius 2 is 1.43 bits per heavy atom. The Bertz CT molecular complexity index is 1190. The van der Waals surface area contributed by atoms with Crippen LogP contribution < -0.4 is 9.75 Å². The molecule has 0 saturated heterocycles. The SMILES string of the molecule is CC[Si](CC)(CC)c1ccc2c(-c3cc(C4CCCC4)cc(C4CCCC4)c3C)[n+](C)ccc2c1. The Kier molecular flexibility index (Phi) is 7.22. The Morgan fingerprint density at radius 3 is 2.06 bits per heavy atom. The number of aryl methyl sites for hydroxylation is 1. The normalized spacial score (nSPS) is 17.6. The second-order valence-electron chi connectivity index (χ2n) is 11.7. The van der Waals surface area contributed by atoms with Crippen LogP contribution in [0.5, 0.6) is 0 Å². The summed E-state index contributed by atoms with van der Waals surface area (Å²) in [4.78, 5) is 0. The predicted octanol–water partition coefficient (Wildman–Crippen LogP) is 8.67. The zero-order chi connectivity index (χ0) is 24.6. The molecule has 1 aromatic heterocycles. The molecule has 0 N–H and O–H groups in total. The molecule has 2 aromatic carbocycles. The Labute approximate surface area is 215 Å². The summed E-state index contributed by atoms with van der Waals surface area (Å²) in [6.45, 7) is 9.67. The van der Waals surface area contributed by atoms with Crippen LogP contribution in [0.3, 0.4) is 0 Å². The molecule has 2 aliphatic rings. The lowest BCUT2D eigenvalue weighted by Gasteiger charge is -2.29. The summed E-state index contributed by atoms with van der Waals surface area (Å²) in [6.07, 6.45) is 13.4. The number of aromatic nitrogens is 1. The van der Waals surface area contributed by atoms with Gasteiger partial charge in [0.2, 0.25) is 5.69 Å². The molecule has 0 spiro atoms. The quantitative estimate of drug-likeness (QED) is 0.233. The van der Waals surface area contributed by atoms with Crippen LogP contribution in [-0.4, -0.2) is 8.07 Å². The summed E-state index contributed by atoms with van der Waals surface area (Å²) in [5, 5.41) is 4.50. The number of hydrogen-bond donors (Lipinski definition) is 0. The van der Waals surface area contributed by atoms with Gasteiger partial charge in [0.1, 0.15) is 7.05 Å². The molecule has 0 unspecified atom stereocenters. The molecule has 0 atom stereocenters. The van der Waals surface area contributed by atoms with Crippen molar-refractivity contribution < 1.29 is 4.57 Å². The molecule has 1 nitrogen and oxygen atoms in total. The van der Waals surface area contributed by atoms with Gasteiger partial charge < -0.3 is 0 Å². The van der Waals surface area contributed by atoms with Crippen molar-refractivity contribution in [1.82, 2.24) is 0 Å². The maximum absolute atomic E-state index is 2.64. The highest BCUT2D eigenvalue weighted by atomic mass is 28.3. The van der Waals surface area contributed by atoms with E-state index in [4.69, 9.17) is 0 Å². The molecule has 2 saturated carbocycles. The molecule has 3 aromatic rings. The molecule has 35 heavy (non-hydrogen) atoms. The minimum Gasteiger partial charge on any atom is -0.200 e. The molecular formula is C33H46NSi+. The highest BCUT2D eigenvalue weighted by molar-refractivity contribution is 6.91. The van der Waals surface area contributed by atoms with Crippen LogP contribution in [0.25, 0.3) is 22.0 Å². The maximum Gasteiger partial charge on any atom is 0.220 e. The van der Waals surface area contributed by atoms with Crippen molar-refractivity contribution in [1.29, 1.82) is 0 Å². The lowest BCUT2D eigenvalue weighted by Crippen LogP contribution is -2.45. The van der Waals surface area contributed by atoms with Gasteiger partial charge in [-0.3, -0.25) is 0 Å². The van der Waals surface area contributed by atoms with Crippen molar-refractivity contribution in [2.45, 2.75) is 109 Å². The first kappa shape index (κ1) is 24.7. The number of rotatable bonds is 7. The first-order valence-corrected chi connectivity index (χ1v) is 17.2. The van der Waals surface area contributed by atoms with Gasteiger partial charge in [-0.05, 0) is 78.7 Å². The number of benzene rings is 2. The van der Waals surface area contributed by atoms with Crippen molar-refractivity contribution >= 4 is 24.0 Å². The van der Waals surface area contributed by atoms with E-state index in [1.165, 1.54) is 97.1 Å². The van der Waals surface area contributed by atoms with Crippen LogP contribution in [0.1, 0.15) is 101 Å². The Morgan fingerprint density at radius 1 is 0.800 bits per heavy atom. The molecule has 2 fully saturated rings. The third-order valence-corrected chi connectivity index (χ3v) is 15.7. The van der Waals surface area contributed by atoms with Gasteiger partial charge in [0, 0.05) is 6.07 Å². The lowest BCUT2D eigenvalue weighted by atomic mass is 9.84. The summed E-state index contributed by atoms with van der Waals surface area (Å²) in [5.41, 5.74) is 7.72. The third-order valence-electron chi connectivity index (χ3n) is 10.1. The van der Waals surface area contributed by atoms with Crippen LogP contribution >= 0.6 is 0 Å². The van der Waals surface area contributed by atoms with Gasteiger partial charge in [-0.15, -0.1) is 0 Å². The standard InChI is InChI=1S/C33H46NSi/c1-6-35(7-2,8-3)29-17-18-30-27(21-29)19-20-34(5)33(30)32-23-28(25-13-9-10-14-25)22-31(24(32)4)26-15-11-12-16-26/h17-23,25-26H,6-16H2,1-5H3/q+1. The van der Waals surface area contributed by atoms with E-state index in [0.29, 0.717) is 0 Å². The van der Waals surface area contributed by atoms with Crippen molar-refractivity contribution in [2.24, 2.45) is 7.05 Å². The van der Waals surface area contributed by atoms with Crippen LogP contribution in [0.4, 0.5) is 0 Å². The van der Waals surface area contributed by atoms with E-state index >= 15 is 0 Å². The third kappa shape index (κ3) is 4.41. The molecule has 2 heteroatoms. The fraction of sp³-hybridized carbons (Fsp3) is 0.545. The first-order valence-electron chi connectivity index (χ1n) is 14.6. The molecule has 0 amide bonds. The minimum atomic E-state index is -1.39. The average molecular weight is 485 g/mol. The minimum absolute atomic E-state index is 0.756. The highest BCUT2D eigenvalue weighted by Gasteiger charge is 2.31. The van der Waals surface area contributed by atoms with Gasteiger partial charge in [0.25, 0.3) is 0 Å². The summed E-state index contributed by atoms with van der Waals surface area (Å²) in [6, 6.07) is 19.1. The fourth-order valence-electron chi connectivity index (χ4n) is 7.56. The molecule has 0 bridgehead atoms. The summed E-state index contributed by atoms with van der Waals surface area (Å²) in [5.74, 6) is 1.51. The highest BCUT2D eigenvalue weighted by Crippen LogP contribution is 2.43. The predicted molar refractivity (Wildman–Crippen MR) is 155 cm³/mol. The van der Waals surface area contributed by atoms with Crippen LogP contribution in [0.15, 0.2) is 42.6 Å². The van der Waals surface area contributed by atoms with E-state index in [0.717, 1.165) is 11.8 Å². The summed E-state index contributed by atoms with van der Waals surface area (Å²) < 4.78 is 2.39.